The summed E-state index contributed by atoms with van der Waals surface area (Å²) in [7, 11) is 0. The molecular weight excluding hydrogens is 297 g/mol. The number of hydrogen-bond acceptors (Lipinski definition) is 3. The lowest BCUT2D eigenvalue weighted by atomic mass is 9.85. The first-order valence-corrected chi connectivity index (χ1v) is 7.69. The van der Waals surface area contributed by atoms with Gasteiger partial charge in [0.05, 0.1) is 23.0 Å². The Kier molecular flexibility index (Phi) is 3.18. The second-order valence-electron chi connectivity index (χ2n) is 6.13. The Bertz CT molecular complexity index is 821. The molecule has 1 saturated carbocycles. The number of halogens is 1. The first-order chi connectivity index (χ1) is 11.1. The molecule has 6 heteroatoms. The van der Waals surface area contributed by atoms with Gasteiger partial charge < -0.3 is 10.4 Å². The highest BCUT2D eigenvalue weighted by Gasteiger charge is 2.29. The van der Waals surface area contributed by atoms with E-state index >= 15 is 0 Å². The van der Waals surface area contributed by atoms with E-state index in [1.165, 1.54) is 31.4 Å². The van der Waals surface area contributed by atoms with Crippen LogP contribution in [0.4, 0.5) is 10.1 Å². The summed E-state index contributed by atoms with van der Waals surface area (Å²) in [5, 5.41) is 16.4. The lowest BCUT2D eigenvalue weighted by Crippen LogP contribution is -2.18. The third-order valence-electron chi connectivity index (χ3n) is 4.52. The minimum atomic E-state index is -0.783. The third-order valence-corrected chi connectivity index (χ3v) is 4.52. The molecule has 23 heavy (non-hydrogen) atoms. The number of rotatable bonds is 3. The molecule has 1 aromatic heterocycles. The van der Waals surface area contributed by atoms with E-state index in [1.54, 1.807) is 12.3 Å². The summed E-state index contributed by atoms with van der Waals surface area (Å²) in [6, 6.07) is 2.72. The van der Waals surface area contributed by atoms with Crippen LogP contribution in [0.25, 0.3) is 11.6 Å². The van der Waals surface area contributed by atoms with Gasteiger partial charge >= 0.3 is 0 Å². The van der Waals surface area contributed by atoms with E-state index in [-0.39, 0.29) is 17.0 Å². The fraction of sp³-hybridized carbons (Fsp3) is 0.294. The first-order valence-electron chi connectivity index (χ1n) is 7.69. The van der Waals surface area contributed by atoms with Crippen molar-refractivity contribution in [1.29, 1.82) is 0 Å². The number of benzene rings is 1. The van der Waals surface area contributed by atoms with Crippen molar-refractivity contribution in [3.05, 3.63) is 41.5 Å². The Labute approximate surface area is 132 Å². The van der Waals surface area contributed by atoms with Gasteiger partial charge in [-0.25, -0.2) is 4.39 Å². The molecule has 0 radical (unpaired) electrons. The van der Waals surface area contributed by atoms with E-state index in [9.17, 15) is 14.3 Å². The van der Waals surface area contributed by atoms with Gasteiger partial charge in [-0.1, -0.05) is 6.42 Å². The Hall–Kier alpha value is -2.63. The largest absolute Gasteiger partial charge is 0.505 e. The zero-order chi connectivity index (χ0) is 16.0. The van der Waals surface area contributed by atoms with Crippen LogP contribution in [0.3, 0.4) is 0 Å². The van der Waals surface area contributed by atoms with Crippen LogP contribution < -0.4 is 5.32 Å². The highest BCUT2D eigenvalue weighted by atomic mass is 19.1. The van der Waals surface area contributed by atoms with Crippen LogP contribution in [-0.4, -0.2) is 20.8 Å². The predicted octanol–water partition coefficient (Wildman–Crippen LogP) is 3.02. The molecule has 2 N–H and O–H groups in total. The number of aromatic hydroxyl groups is 1. The summed E-state index contributed by atoms with van der Waals surface area (Å²) < 4.78 is 16.0. The molecule has 0 saturated heterocycles. The molecule has 1 fully saturated rings. The predicted molar refractivity (Wildman–Crippen MR) is 84.1 cm³/mol. The number of carbonyl (C=O) groups is 1. The number of phenolic OH excluding ortho intramolecular Hbond substituents is 1. The molecule has 0 bridgehead atoms. The summed E-state index contributed by atoms with van der Waals surface area (Å²) >= 11 is 0. The molecule has 2 aromatic rings. The minimum absolute atomic E-state index is 0.113. The number of anilines is 1. The lowest BCUT2D eigenvalue weighted by molar-refractivity contribution is -0.110. The highest BCUT2D eigenvalue weighted by Crippen LogP contribution is 2.38. The second kappa shape index (κ2) is 5.22. The summed E-state index contributed by atoms with van der Waals surface area (Å²) in [4.78, 5) is 12.1. The maximum absolute atomic E-state index is 14.2. The molecule has 2 heterocycles. The molecule has 1 aliphatic heterocycles. The Morgan fingerprint density at radius 1 is 1.43 bits per heavy atom. The number of amides is 1. The van der Waals surface area contributed by atoms with Crippen molar-refractivity contribution in [2.24, 2.45) is 5.92 Å². The zero-order valence-corrected chi connectivity index (χ0v) is 12.4. The average Bonchev–Trinajstić information content (AvgIpc) is 3.05. The van der Waals surface area contributed by atoms with Crippen LogP contribution in [0.2, 0.25) is 0 Å². The summed E-state index contributed by atoms with van der Waals surface area (Å²) in [6.45, 7) is 0.876. The molecule has 0 unspecified atom stereocenters. The standard InChI is InChI=1S/C17H16FN3O2/c18-16-14(22)5-4-13-15(16)12(17(23)20-13)6-11-7-19-21(9-11)8-10-2-1-3-10/h4-7,9-10,22H,1-3,8H2,(H,20,23)/b12-6-. The summed E-state index contributed by atoms with van der Waals surface area (Å²) in [6.07, 6.45) is 8.87. The zero-order valence-electron chi connectivity index (χ0n) is 12.4. The van der Waals surface area contributed by atoms with Crippen LogP contribution in [0.5, 0.6) is 5.75 Å². The Morgan fingerprint density at radius 3 is 3.00 bits per heavy atom. The fourth-order valence-corrected chi connectivity index (χ4v) is 3.03. The topological polar surface area (TPSA) is 67.2 Å². The van der Waals surface area contributed by atoms with E-state index in [1.807, 2.05) is 10.9 Å². The molecule has 4 rings (SSSR count). The molecule has 5 nitrogen and oxygen atoms in total. The third kappa shape index (κ3) is 2.40. The number of fused-ring (bicyclic) bond motifs is 1. The van der Waals surface area contributed by atoms with Crippen molar-refractivity contribution in [1.82, 2.24) is 9.78 Å². The first kappa shape index (κ1) is 14.0. The van der Waals surface area contributed by atoms with Gasteiger partial charge in [-0.15, -0.1) is 0 Å². The number of nitrogens with zero attached hydrogens (tertiary/aromatic N) is 2. The van der Waals surface area contributed by atoms with Gasteiger partial charge in [-0.2, -0.15) is 5.10 Å². The lowest BCUT2D eigenvalue weighted by Gasteiger charge is -2.24. The molecule has 0 atom stereocenters. The van der Waals surface area contributed by atoms with Gasteiger partial charge in [0.15, 0.2) is 11.6 Å². The van der Waals surface area contributed by atoms with Crippen LogP contribution in [-0.2, 0) is 11.3 Å². The van der Waals surface area contributed by atoms with Crippen LogP contribution in [0.15, 0.2) is 24.5 Å². The number of aromatic nitrogens is 2. The smallest absolute Gasteiger partial charge is 0.256 e. The number of phenols is 1. The van der Waals surface area contributed by atoms with Crippen LogP contribution in [0, 0.1) is 11.7 Å². The molecule has 0 spiro atoms. The second-order valence-corrected chi connectivity index (χ2v) is 6.13. The fourth-order valence-electron chi connectivity index (χ4n) is 3.03. The van der Waals surface area contributed by atoms with Gasteiger partial charge in [0.25, 0.3) is 5.91 Å². The molecule has 118 valence electrons. The monoisotopic (exact) mass is 313 g/mol. The maximum Gasteiger partial charge on any atom is 0.256 e. The number of nitrogens with one attached hydrogen (secondary N) is 1. The van der Waals surface area contributed by atoms with Crippen LogP contribution in [0.1, 0.15) is 30.4 Å². The molecule has 2 aliphatic rings. The van der Waals surface area contributed by atoms with Crippen molar-refractivity contribution in [2.75, 3.05) is 5.32 Å². The van der Waals surface area contributed by atoms with Gasteiger partial charge in [0.2, 0.25) is 0 Å². The SMILES string of the molecule is O=C1Nc2ccc(O)c(F)c2/C1=C/c1cnn(CC2CCC2)c1. The van der Waals surface area contributed by atoms with Gasteiger partial charge in [-0.3, -0.25) is 9.48 Å². The maximum atomic E-state index is 14.2. The minimum Gasteiger partial charge on any atom is -0.505 e. The summed E-state index contributed by atoms with van der Waals surface area (Å²) in [5.74, 6) is -0.947. The van der Waals surface area contributed by atoms with E-state index in [0.29, 0.717) is 11.6 Å². The molecule has 1 aliphatic carbocycles. The quantitative estimate of drug-likeness (QED) is 0.676. The molecule has 1 aromatic carbocycles. The summed E-state index contributed by atoms with van der Waals surface area (Å²) in [5.41, 5.74) is 1.43. The van der Waals surface area contributed by atoms with Crippen molar-refractivity contribution in [3.63, 3.8) is 0 Å². The van der Waals surface area contributed by atoms with Gasteiger partial charge in [0, 0.05) is 18.3 Å². The van der Waals surface area contributed by atoms with Crippen molar-refractivity contribution in [2.45, 2.75) is 25.8 Å². The molecule has 1 amide bonds. The van der Waals surface area contributed by atoms with Crippen molar-refractivity contribution >= 4 is 23.2 Å². The highest BCUT2D eigenvalue weighted by molar-refractivity contribution is 6.35. The van der Waals surface area contributed by atoms with E-state index in [4.69, 9.17) is 0 Å². The van der Waals surface area contributed by atoms with E-state index in [0.717, 1.165) is 12.1 Å². The van der Waals surface area contributed by atoms with Crippen molar-refractivity contribution in [3.8, 4) is 5.75 Å². The Morgan fingerprint density at radius 2 is 2.26 bits per heavy atom. The van der Waals surface area contributed by atoms with E-state index < -0.39 is 11.6 Å². The average molecular weight is 313 g/mol. The van der Waals surface area contributed by atoms with Gasteiger partial charge in [-0.05, 0) is 37.0 Å². The Balaban J connectivity index is 1.67. The molecular formula is C17H16FN3O2. The van der Waals surface area contributed by atoms with Crippen LogP contribution >= 0.6 is 0 Å². The number of carbonyl (C=O) groups excluding carboxylic acids is 1. The van der Waals surface area contributed by atoms with Crippen molar-refractivity contribution < 1.29 is 14.3 Å². The van der Waals surface area contributed by atoms with E-state index in [2.05, 4.69) is 10.4 Å². The van der Waals surface area contributed by atoms with Gasteiger partial charge in [0.1, 0.15) is 0 Å². The normalized spacial score (nSPS) is 18.8. The number of hydrogen-bond donors (Lipinski definition) is 2.